The molecule has 5 heteroatoms. The van der Waals surface area contributed by atoms with Gasteiger partial charge < -0.3 is 15.4 Å². The van der Waals surface area contributed by atoms with E-state index in [2.05, 4.69) is 17.6 Å². The van der Waals surface area contributed by atoms with E-state index in [1.165, 1.54) is 0 Å². The van der Waals surface area contributed by atoms with Gasteiger partial charge in [0, 0.05) is 12.1 Å². The van der Waals surface area contributed by atoms with E-state index in [1.807, 2.05) is 60.7 Å². The summed E-state index contributed by atoms with van der Waals surface area (Å²) in [5, 5.41) is 5.63. The van der Waals surface area contributed by atoms with Crippen molar-refractivity contribution in [3.63, 3.8) is 0 Å². The lowest BCUT2D eigenvalue weighted by molar-refractivity contribution is -0.117. The van der Waals surface area contributed by atoms with Gasteiger partial charge in [0.25, 0.3) is 11.8 Å². The van der Waals surface area contributed by atoms with Crippen LogP contribution in [0.4, 0.5) is 0 Å². The van der Waals surface area contributed by atoms with Crippen molar-refractivity contribution >= 4 is 17.9 Å². The predicted molar refractivity (Wildman–Crippen MR) is 127 cm³/mol. The Hall–Kier alpha value is -3.86. The lowest BCUT2D eigenvalue weighted by atomic mass is 10.1. The van der Waals surface area contributed by atoms with E-state index < -0.39 is 0 Å². The highest BCUT2D eigenvalue weighted by Gasteiger charge is 2.15. The monoisotopic (exact) mass is 428 g/mol. The molecule has 0 bridgehead atoms. The third-order valence-corrected chi connectivity index (χ3v) is 4.78. The maximum absolute atomic E-state index is 12.9. The number of rotatable bonds is 10. The van der Waals surface area contributed by atoms with Crippen LogP contribution in [0.2, 0.25) is 0 Å². The van der Waals surface area contributed by atoms with Crippen LogP contribution in [-0.2, 0) is 11.3 Å². The molecule has 0 aliphatic carbocycles. The first kappa shape index (κ1) is 22.8. The third kappa shape index (κ3) is 7.13. The largest absolute Gasteiger partial charge is 0.494 e. The molecular formula is C27H28N2O3. The standard InChI is InChI=1S/C27H28N2O3/c1-2-3-18-32-24-16-14-23(15-17-24)26(30)29-25(19-21-10-6-4-7-11-21)27(31)28-20-22-12-8-5-9-13-22/h4-17,19H,2-3,18,20H2,1H3,(H,28,31)(H,29,30)/b25-19+. The van der Waals surface area contributed by atoms with Crippen molar-refractivity contribution in [3.05, 3.63) is 107 Å². The molecule has 0 unspecified atom stereocenters. The fourth-order valence-corrected chi connectivity index (χ4v) is 2.98. The van der Waals surface area contributed by atoms with Gasteiger partial charge in [0.1, 0.15) is 11.4 Å². The Balaban J connectivity index is 1.71. The number of amides is 2. The molecule has 0 saturated carbocycles. The van der Waals surface area contributed by atoms with Crippen LogP contribution in [0.5, 0.6) is 5.75 Å². The summed E-state index contributed by atoms with van der Waals surface area (Å²) in [5.74, 6) is 0.00313. The highest BCUT2D eigenvalue weighted by Crippen LogP contribution is 2.14. The number of ether oxygens (including phenoxy) is 1. The lowest BCUT2D eigenvalue weighted by Gasteiger charge is -2.12. The van der Waals surface area contributed by atoms with E-state index in [0.717, 1.165) is 29.7 Å². The number of hydrogen-bond acceptors (Lipinski definition) is 3. The Labute approximate surface area is 189 Å². The smallest absolute Gasteiger partial charge is 0.268 e. The first-order valence-electron chi connectivity index (χ1n) is 10.8. The van der Waals surface area contributed by atoms with Crippen molar-refractivity contribution < 1.29 is 14.3 Å². The highest BCUT2D eigenvalue weighted by molar-refractivity contribution is 6.05. The molecule has 0 fully saturated rings. The van der Waals surface area contributed by atoms with Crippen molar-refractivity contribution in [2.75, 3.05) is 6.61 Å². The van der Waals surface area contributed by atoms with Crippen molar-refractivity contribution in [1.29, 1.82) is 0 Å². The molecule has 0 aliphatic rings. The summed E-state index contributed by atoms with van der Waals surface area (Å²) >= 11 is 0. The van der Waals surface area contributed by atoms with Gasteiger partial charge in [0.15, 0.2) is 0 Å². The summed E-state index contributed by atoms with van der Waals surface area (Å²) < 4.78 is 5.65. The maximum Gasteiger partial charge on any atom is 0.268 e. The minimum absolute atomic E-state index is 0.181. The molecule has 0 heterocycles. The van der Waals surface area contributed by atoms with Crippen LogP contribution in [0.15, 0.2) is 90.6 Å². The van der Waals surface area contributed by atoms with Crippen LogP contribution < -0.4 is 15.4 Å². The minimum atomic E-state index is -0.359. The van der Waals surface area contributed by atoms with Gasteiger partial charge in [-0.2, -0.15) is 0 Å². The molecule has 5 nitrogen and oxygen atoms in total. The number of hydrogen-bond donors (Lipinski definition) is 2. The molecule has 0 saturated heterocycles. The van der Waals surface area contributed by atoms with Crippen LogP contribution in [-0.4, -0.2) is 18.4 Å². The van der Waals surface area contributed by atoms with E-state index in [9.17, 15) is 9.59 Å². The molecule has 2 N–H and O–H groups in total. The summed E-state index contributed by atoms with van der Waals surface area (Å²) in [5.41, 5.74) is 2.42. The van der Waals surface area contributed by atoms with Gasteiger partial charge in [0.2, 0.25) is 0 Å². The van der Waals surface area contributed by atoms with E-state index in [-0.39, 0.29) is 17.5 Å². The summed E-state index contributed by atoms with van der Waals surface area (Å²) in [6.07, 6.45) is 3.71. The van der Waals surface area contributed by atoms with Crippen molar-refractivity contribution in [2.24, 2.45) is 0 Å². The Bertz CT molecular complexity index is 1030. The summed E-state index contributed by atoms with van der Waals surface area (Å²) in [4.78, 5) is 25.7. The van der Waals surface area contributed by atoms with E-state index in [4.69, 9.17) is 4.74 Å². The zero-order chi connectivity index (χ0) is 22.6. The van der Waals surface area contributed by atoms with E-state index in [0.29, 0.717) is 18.7 Å². The Kier molecular flexibility index (Phi) is 8.63. The second kappa shape index (κ2) is 12.1. The van der Waals surface area contributed by atoms with Gasteiger partial charge in [-0.15, -0.1) is 0 Å². The Morgan fingerprint density at radius 3 is 2.19 bits per heavy atom. The number of nitrogens with one attached hydrogen (secondary N) is 2. The Morgan fingerprint density at radius 2 is 1.53 bits per heavy atom. The molecule has 164 valence electrons. The van der Waals surface area contributed by atoms with E-state index >= 15 is 0 Å². The lowest BCUT2D eigenvalue weighted by Crippen LogP contribution is -2.34. The van der Waals surface area contributed by atoms with Crippen LogP contribution in [0.1, 0.15) is 41.3 Å². The molecule has 3 aromatic carbocycles. The first-order valence-corrected chi connectivity index (χ1v) is 10.8. The molecule has 0 aliphatic heterocycles. The Morgan fingerprint density at radius 1 is 0.875 bits per heavy atom. The summed E-state index contributed by atoms with van der Waals surface area (Å²) in [7, 11) is 0. The second-order valence-corrected chi connectivity index (χ2v) is 7.32. The maximum atomic E-state index is 12.9. The van der Waals surface area contributed by atoms with Gasteiger partial charge in [-0.3, -0.25) is 9.59 Å². The quantitative estimate of drug-likeness (QED) is 0.355. The number of unbranched alkanes of at least 4 members (excludes halogenated alkanes) is 1. The second-order valence-electron chi connectivity index (χ2n) is 7.32. The molecule has 0 atom stereocenters. The third-order valence-electron chi connectivity index (χ3n) is 4.78. The SMILES string of the molecule is CCCCOc1ccc(C(=O)N/C(=C/c2ccccc2)C(=O)NCc2ccccc2)cc1. The van der Waals surface area contributed by atoms with Crippen LogP contribution in [0.3, 0.4) is 0 Å². The first-order chi connectivity index (χ1) is 15.7. The van der Waals surface area contributed by atoms with Crippen molar-refractivity contribution in [2.45, 2.75) is 26.3 Å². The van der Waals surface area contributed by atoms with Crippen LogP contribution in [0, 0.1) is 0 Å². The summed E-state index contributed by atoms with van der Waals surface area (Å²) in [6.45, 7) is 3.12. The van der Waals surface area contributed by atoms with Gasteiger partial charge in [0.05, 0.1) is 6.61 Å². The molecule has 2 amide bonds. The summed E-state index contributed by atoms with van der Waals surface area (Å²) in [6, 6.07) is 25.9. The average molecular weight is 429 g/mol. The molecule has 0 spiro atoms. The van der Waals surface area contributed by atoms with E-state index in [1.54, 1.807) is 30.3 Å². The average Bonchev–Trinajstić information content (AvgIpc) is 2.84. The van der Waals surface area contributed by atoms with Gasteiger partial charge >= 0.3 is 0 Å². The minimum Gasteiger partial charge on any atom is -0.494 e. The molecule has 3 aromatic rings. The van der Waals surface area contributed by atoms with Crippen molar-refractivity contribution in [1.82, 2.24) is 10.6 Å². The van der Waals surface area contributed by atoms with Gasteiger partial charge in [-0.05, 0) is 47.9 Å². The number of carbonyl (C=O) groups excluding carboxylic acids is 2. The zero-order valence-corrected chi connectivity index (χ0v) is 18.2. The predicted octanol–water partition coefficient (Wildman–Crippen LogP) is 4.95. The number of carbonyl (C=O) groups is 2. The highest BCUT2D eigenvalue weighted by atomic mass is 16.5. The fourth-order valence-electron chi connectivity index (χ4n) is 2.98. The molecule has 3 rings (SSSR count). The van der Waals surface area contributed by atoms with Gasteiger partial charge in [-0.1, -0.05) is 74.0 Å². The molecule has 32 heavy (non-hydrogen) atoms. The molecule has 0 aromatic heterocycles. The normalized spacial score (nSPS) is 11.0. The van der Waals surface area contributed by atoms with Crippen LogP contribution >= 0.6 is 0 Å². The van der Waals surface area contributed by atoms with Crippen molar-refractivity contribution in [3.8, 4) is 5.75 Å². The van der Waals surface area contributed by atoms with Gasteiger partial charge in [-0.25, -0.2) is 0 Å². The topological polar surface area (TPSA) is 67.4 Å². The van der Waals surface area contributed by atoms with Crippen LogP contribution in [0.25, 0.3) is 6.08 Å². The molecule has 0 radical (unpaired) electrons. The number of benzene rings is 3. The zero-order valence-electron chi connectivity index (χ0n) is 18.2. The molecular weight excluding hydrogens is 400 g/mol. The fraction of sp³-hybridized carbons (Fsp3) is 0.185.